The summed E-state index contributed by atoms with van der Waals surface area (Å²) in [7, 11) is 7.01. The SMILES string of the molecule is COc1ccc(C(=O)C(=CN(C)C)c2ccc(OC)cc2)cc1. The molecule has 0 aliphatic carbocycles. The minimum atomic E-state index is -0.0356. The highest BCUT2D eigenvalue weighted by Crippen LogP contribution is 2.24. The van der Waals surface area contributed by atoms with Crippen LogP contribution >= 0.6 is 0 Å². The average Bonchev–Trinajstić information content (AvgIpc) is 2.59. The number of hydrogen-bond acceptors (Lipinski definition) is 4. The summed E-state index contributed by atoms with van der Waals surface area (Å²) in [6.45, 7) is 0. The van der Waals surface area contributed by atoms with Crippen LogP contribution in [-0.2, 0) is 0 Å². The first-order valence-electron chi connectivity index (χ1n) is 7.26. The normalized spacial score (nSPS) is 11.0. The molecule has 0 fully saturated rings. The number of allylic oxidation sites excluding steroid dienone is 1. The Morgan fingerprint density at radius 2 is 1.26 bits per heavy atom. The second-order valence-electron chi connectivity index (χ2n) is 5.29. The van der Waals surface area contributed by atoms with Crippen molar-refractivity contribution in [2.75, 3.05) is 28.3 Å². The van der Waals surface area contributed by atoms with Crippen LogP contribution < -0.4 is 9.47 Å². The summed E-state index contributed by atoms with van der Waals surface area (Å²) < 4.78 is 10.3. The molecule has 2 rings (SSSR count). The maximum atomic E-state index is 12.9. The number of ketones is 1. The lowest BCUT2D eigenvalue weighted by molar-refractivity contribution is 0.105. The van der Waals surface area contributed by atoms with Crippen molar-refractivity contribution < 1.29 is 14.3 Å². The molecular weight excluding hydrogens is 290 g/mol. The number of benzene rings is 2. The molecule has 0 N–H and O–H groups in total. The van der Waals surface area contributed by atoms with Gasteiger partial charge in [-0.2, -0.15) is 0 Å². The van der Waals surface area contributed by atoms with Crippen molar-refractivity contribution in [1.82, 2.24) is 4.90 Å². The lowest BCUT2D eigenvalue weighted by Gasteiger charge is -2.13. The third kappa shape index (κ3) is 4.13. The van der Waals surface area contributed by atoms with Crippen LogP contribution in [0.25, 0.3) is 5.57 Å². The Balaban J connectivity index is 2.38. The summed E-state index contributed by atoms with van der Waals surface area (Å²) in [5.74, 6) is 1.45. The van der Waals surface area contributed by atoms with E-state index in [1.54, 1.807) is 38.5 Å². The van der Waals surface area contributed by atoms with E-state index >= 15 is 0 Å². The molecular formula is C19H21NO3. The van der Waals surface area contributed by atoms with Gasteiger partial charge in [0.2, 0.25) is 0 Å². The molecule has 4 heteroatoms. The fourth-order valence-corrected chi connectivity index (χ4v) is 2.19. The molecule has 0 unspecified atom stereocenters. The Morgan fingerprint density at radius 3 is 1.65 bits per heavy atom. The number of rotatable bonds is 6. The monoisotopic (exact) mass is 311 g/mol. The summed E-state index contributed by atoms with van der Waals surface area (Å²) in [4.78, 5) is 14.7. The maximum absolute atomic E-state index is 12.9. The Bertz CT molecular complexity index is 686. The molecule has 0 radical (unpaired) electrons. The molecule has 2 aromatic carbocycles. The van der Waals surface area contributed by atoms with Gasteiger partial charge in [0, 0.05) is 31.4 Å². The number of carbonyl (C=O) groups excluding carboxylic acids is 1. The van der Waals surface area contributed by atoms with Crippen molar-refractivity contribution in [2.45, 2.75) is 0 Å². The van der Waals surface area contributed by atoms with Gasteiger partial charge in [0.25, 0.3) is 0 Å². The molecule has 0 atom stereocenters. The van der Waals surface area contributed by atoms with E-state index in [0.717, 1.165) is 17.1 Å². The first kappa shape index (κ1) is 16.6. The van der Waals surface area contributed by atoms with Gasteiger partial charge in [-0.1, -0.05) is 12.1 Å². The molecule has 0 aliphatic heterocycles. The Morgan fingerprint density at radius 1 is 0.826 bits per heavy atom. The predicted octanol–water partition coefficient (Wildman–Crippen LogP) is 3.49. The third-order valence-electron chi connectivity index (χ3n) is 3.39. The van der Waals surface area contributed by atoms with Crippen LogP contribution in [0.1, 0.15) is 15.9 Å². The standard InChI is InChI=1S/C19H21NO3/c1-20(2)13-18(14-5-9-16(22-3)10-6-14)19(21)15-7-11-17(23-4)12-8-15/h5-13H,1-4H3. The summed E-state index contributed by atoms with van der Waals surface area (Å²) in [6.07, 6.45) is 1.83. The molecule has 120 valence electrons. The highest BCUT2D eigenvalue weighted by molar-refractivity contribution is 6.28. The fraction of sp³-hybridized carbons (Fsp3) is 0.211. The van der Waals surface area contributed by atoms with Crippen molar-refractivity contribution in [3.63, 3.8) is 0 Å². The lowest BCUT2D eigenvalue weighted by atomic mass is 9.97. The molecule has 0 saturated carbocycles. The smallest absolute Gasteiger partial charge is 0.195 e. The maximum Gasteiger partial charge on any atom is 0.195 e. The van der Waals surface area contributed by atoms with Crippen LogP contribution in [0.5, 0.6) is 11.5 Å². The summed E-state index contributed by atoms with van der Waals surface area (Å²) in [5, 5.41) is 0. The van der Waals surface area contributed by atoms with Gasteiger partial charge in [0.05, 0.1) is 14.2 Å². The van der Waals surface area contributed by atoms with Gasteiger partial charge in [-0.05, 0) is 42.0 Å². The van der Waals surface area contributed by atoms with Crippen molar-refractivity contribution in [2.24, 2.45) is 0 Å². The van der Waals surface area contributed by atoms with E-state index in [2.05, 4.69) is 0 Å². The lowest BCUT2D eigenvalue weighted by Crippen LogP contribution is -2.09. The van der Waals surface area contributed by atoms with E-state index in [4.69, 9.17) is 9.47 Å². The van der Waals surface area contributed by atoms with E-state index in [9.17, 15) is 4.79 Å². The molecule has 2 aromatic rings. The molecule has 0 spiro atoms. The number of Topliss-reactive ketones (excluding diaryl/α,β-unsaturated/α-hetero) is 1. The number of carbonyl (C=O) groups is 1. The zero-order chi connectivity index (χ0) is 16.8. The highest BCUT2D eigenvalue weighted by atomic mass is 16.5. The van der Waals surface area contributed by atoms with Crippen LogP contribution in [-0.4, -0.2) is 39.0 Å². The topological polar surface area (TPSA) is 38.8 Å². The molecule has 0 bridgehead atoms. The van der Waals surface area contributed by atoms with E-state index in [-0.39, 0.29) is 5.78 Å². The van der Waals surface area contributed by atoms with Gasteiger partial charge >= 0.3 is 0 Å². The summed E-state index contributed by atoms with van der Waals surface area (Å²) in [6, 6.07) is 14.6. The molecule has 0 aromatic heterocycles. The second kappa shape index (κ2) is 7.49. The third-order valence-corrected chi connectivity index (χ3v) is 3.39. The van der Waals surface area contributed by atoms with Gasteiger partial charge in [-0.3, -0.25) is 4.79 Å². The van der Waals surface area contributed by atoms with Crippen LogP contribution in [0.15, 0.2) is 54.7 Å². The van der Waals surface area contributed by atoms with E-state index in [0.29, 0.717) is 11.1 Å². The van der Waals surface area contributed by atoms with E-state index in [1.165, 1.54) is 0 Å². The van der Waals surface area contributed by atoms with Gasteiger partial charge in [0.15, 0.2) is 5.78 Å². The summed E-state index contributed by atoms with van der Waals surface area (Å²) in [5.41, 5.74) is 2.10. The average molecular weight is 311 g/mol. The fourth-order valence-electron chi connectivity index (χ4n) is 2.19. The molecule has 0 saturated heterocycles. The second-order valence-corrected chi connectivity index (χ2v) is 5.29. The minimum absolute atomic E-state index is 0.0356. The van der Waals surface area contributed by atoms with E-state index < -0.39 is 0 Å². The number of nitrogens with zero attached hydrogens (tertiary/aromatic N) is 1. The Hall–Kier alpha value is -2.75. The van der Waals surface area contributed by atoms with E-state index in [1.807, 2.05) is 49.5 Å². The van der Waals surface area contributed by atoms with Crippen LogP contribution in [0.4, 0.5) is 0 Å². The first-order valence-corrected chi connectivity index (χ1v) is 7.26. The highest BCUT2D eigenvalue weighted by Gasteiger charge is 2.15. The van der Waals surface area contributed by atoms with Gasteiger partial charge in [-0.15, -0.1) is 0 Å². The van der Waals surface area contributed by atoms with Gasteiger partial charge in [-0.25, -0.2) is 0 Å². The van der Waals surface area contributed by atoms with Crippen molar-refractivity contribution in [3.8, 4) is 11.5 Å². The molecule has 4 nitrogen and oxygen atoms in total. The largest absolute Gasteiger partial charge is 0.497 e. The van der Waals surface area contributed by atoms with Crippen LogP contribution in [0.3, 0.4) is 0 Å². The number of methoxy groups -OCH3 is 2. The van der Waals surface area contributed by atoms with Crippen LogP contribution in [0.2, 0.25) is 0 Å². The first-order chi connectivity index (χ1) is 11.0. The Kier molecular flexibility index (Phi) is 5.41. The molecule has 0 amide bonds. The van der Waals surface area contributed by atoms with Crippen molar-refractivity contribution in [1.29, 1.82) is 0 Å². The minimum Gasteiger partial charge on any atom is -0.497 e. The zero-order valence-electron chi connectivity index (χ0n) is 13.9. The van der Waals surface area contributed by atoms with Crippen LogP contribution in [0, 0.1) is 0 Å². The molecule has 0 aliphatic rings. The van der Waals surface area contributed by atoms with Gasteiger partial charge in [0.1, 0.15) is 11.5 Å². The zero-order valence-corrected chi connectivity index (χ0v) is 13.9. The predicted molar refractivity (Wildman–Crippen MR) is 92.0 cm³/mol. The summed E-state index contributed by atoms with van der Waals surface area (Å²) >= 11 is 0. The van der Waals surface area contributed by atoms with Crippen molar-refractivity contribution in [3.05, 3.63) is 65.9 Å². The molecule has 23 heavy (non-hydrogen) atoms. The van der Waals surface area contributed by atoms with Gasteiger partial charge < -0.3 is 14.4 Å². The van der Waals surface area contributed by atoms with Crippen molar-refractivity contribution >= 4 is 11.4 Å². The molecule has 0 heterocycles. The quantitative estimate of drug-likeness (QED) is 0.605. The number of ether oxygens (including phenoxy) is 2. The Labute approximate surface area is 137 Å². The number of hydrogen-bond donors (Lipinski definition) is 0.